The quantitative estimate of drug-likeness (QED) is 0.667. The topological polar surface area (TPSA) is 67.9 Å². The van der Waals surface area contributed by atoms with E-state index in [1.165, 1.54) is 7.11 Å². The van der Waals surface area contributed by atoms with Crippen LogP contribution in [-0.4, -0.2) is 63.3 Å². The SMILES string of the molecule is COC(=O)CCCN(C)C(=O)CC1CNCCO1. The van der Waals surface area contributed by atoms with E-state index in [1.807, 2.05) is 0 Å². The zero-order valence-electron chi connectivity index (χ0n) is 11.1. The molecule has 1 rings (SSSR count). The molecule has 0 saturated carbocycles. The van der Waals surface area contributed by atoms with Gasteiger partial charge in [-0.2, -0.15) is 0 Å². The number of nitrogens with one attached hydrogen (secondary N) is 1. The molecule has 1 aliphatic heterocycles. The van der Waals surface area contributed by atoms with Crippen LogP contribution >= 0.6 is 0 Å². The Balaban J connectivity index is 2.17. The number of amides is 1. The Bertz CT molecular complexity index is 277. The molecular formula is C12H22N2O4. The first kappa shape index (κ1) is 14.9. The molecule has 6 heteroatoms. The van der Waals surface area contributed by atoms with Crippen molar-refractivity contribution in [3.05, 3.63) is 0 Å². The van der Waals surface area contributed by atoms with Gasteiger partial charge in [0, 0.05) is 33.1 Å². The van der Waals surface area contributed by atoms with E-state index in [-0.39, 0.29) is 18.0 Å². The van der Waals surface area contributed by atoms with Crippen LogP contribution in [0.4, 0.5) is 0 Å². The third-order valence-corrected chi connectivity index (χ3v) is 2.93. The molecule has 104 valence electrons. The summed E-state index contributed by atoms with van der Waals surface area (Å²) in [4.78, 5) is 24.4. The standard InChI is InChI=1S/C12H22N2O4/c1-14(6-3-4-12(16)17-2)11(15)8-10-9-13-5-7-18-10/h10,13H,3-9H2,1-2H3. The Morgan fingerprint density at radius 1 is 1.50 bits per heavy atom. The van der Waals surface area contributed by atoms with Crippen LogP contribution in [0.15, 0.2) is 0 Å². The van der Waals surface area contributed by atoms with Crippen molar-refractivity contribution in [1.82, 2.24) is 10.2 Å². The molecule has 1 fully saturated rings. The second-order valence-electron chi connectivity index (χ2n) is 4.40. The van der Waals surface area contributed by atoms with E-state index < -0.39 is 0 Å². The Labute approximate surface area is 108 Å². The maximum Gasteiger partial charge on any atom is 0.305 e. The van der Waals surface area contributed by atoms with E-state index in [1.54, 1.807) is 11.9 Å². The van der Waals surface area contributed by atoms with E-state index in [0.717, 1.165) is 13.1 Å². The van der Waals surface area contributed by atoms with Crippen molar-refractivity contribution < 1.29 is 19.1 Å². The summed E-state index contributed by atoms with van der Waals surface area (Å²) >= 11 is 0. The predicted octanol–water partition coefficient (Wildman–Crippen LogP) is -0.223. The zero-order chi connectivity index (χ0) is 13.4. The molecule has 1 heterocycles. The smallest absolute Gasteiger partial charge is 0.305 e. The average Bonchev–Trinajstić information content (AvgIpc) is 2.39. The van der Waals surface area contributed by atoms with Crippen LogP contribution in [0, 0.1) is 0 Å². The molecule has 1 N–H and O–H groups in total. The van der Waals surface area contributed by atoms with Gasteiger partial charge in [-0.3, -0.25) is 9.59 Å². The number of hydrogen-bond acceptors (Lipinski definition) is 5. The monoisotopic (exact) mass is 258 g/mol. The minimum atomic E-state index is -0.240. The highest BCUT2D eigenvalue weighted by Gasteiger charge is 2.19. The van der Waals surface area contributed by atoms with Crippen LogP contribution in [-0.2, 0) is 19.1 Å². The number of methoxy groups -OCH3 is 1. The highest BCUT2D eigenvalue weighted by atomic mass is 16.5. The molecule has 0 radical (unpaired) electrons. The van der Waals surface area contributed by atoms with Gasteiger partial charge < -0.3 is 19.7 Å². The first-order valence-electron chi connectivity index (χ1n) is 6.26. The number of carbonyl (C=O) groups is 2. The molecular weight excluding hydrogens is 236 g/mol. The average molecular weight is 258 g/mol. The number of ether oxygens (including phenoxy) is 2. The Morgan fingerprint density at radius 3 is 2.89 bits per heavy atom. The van der Waals surface area contributed by atoms with E-state index in [0.29, 0.717) is 32.4 Å². The Hall–Kier alpha value is -1.14. The van der Waals surface area contributed by atoms with Crippen LogP contribution in [0.2, 0.25) is 0 Å². The molecule has 0 aromatic carbocycles. The number of hydrogen-bond donors (Lipinski definition) is 1. The van der Waals surface area contributed by atoms with Gasteiger partial charge in [-0.05, 0) is 6.42 Å². The molecule has 0 aromatic rings. The molecule has 0 bridgehead atoms. The van der Waals surface area contributed by atoms with Crippen LogP contribution in [0.5, 0.6) is 0 Å². The largest absolute Gasteiger partial charge is 0.469 e. The van der Waals surface area contributed by atoms with Crippen LogP contribution in [0.3, 0.4) is 0 Å². The number of morpholine rings is 1. The highest BCUT2D eigenvalue weighted by Crippen LogP contribution is 2.05. The third-order valence-electron chi connectivity index (χ3n) is 2.93. The predicted molar refractivity (Wildman–Crippen MR) is 66.1 cm³/mol. The van der Waals surface area contributed by atoms with Crippen molar-refractivity contribution >= 4 is 11.9 Å². The fourth-order valence-corrected chi connectivity index (χ4v) is 1.79. The maximum atomic E-state index is 11.9. The van der Waals surface area contributed by atoms with Crippen molar-refractivity contribution in [1.29, 1.82) is 0 Å². The summed E-state index contributed by atoms with van der Waals surface area (Å²) in [6.07, 6.45) is 1.32. The van der Waals surface area contributed by atoms with Crippen LogP contribution in [0.1, 0.15) is 19.3 Å². The van der Waals surface area contributed by atoms with Gasteiger partial charge in [0.05, 0.1) is 26.2 Å². The molecule has 1 saturated heterocycles. The molecule has 0 spiro atoms. The maximum absolute atomic E-state index is 11.9. The molecule has 1 atom stereocenters. The normalized spacial score (nSPS) is 19.3. The molecule has 1 amide bonds. The van der Waals surface area contributed by atoms with Crippen molar-refractivity contribution in [2.24, 2.45) is 0 Å². The number of rotatable bonds is 6. The molecule has 6 nitrogen and oxygen atoms in total. The van der Waals surface area contributed by atoms with Gasteiger partial charge in [0.1, 0.15) is 0 Å². The molecule has 18 heavy (non-hydrogen) atoms. The fourth-order valence-electron chi connectivity index (χ4n) is 1.79. The molecule has 1 unspecified atom stereocenters. The van der Waals surface area contributed by atoms with Gasteiger partial charge in [-0.25, -0.2) is 0 Å². The highest BCUT2D eigenvalue weighted by molar-refractivity contribution is 5.76. The summed E-state index contributed by atoms with van der Waals surface area (Å²) in [6, 6.07) is 0. The van der Waals surface area contributed by atoms with E-state index in [2.05, 4.69) is 10.1 Å². The Morgan fingerprint density at radius 2 is 2.28 bits per heavy atom. The van der Waals surface area contributed by atoms with E-state index >= 15 is 0 Å². The van der Waals surface area contributed by atoms with E-state index in [4.69, 9.17) is 4.74 Å². The minimum absolute atomic E-state index is 0.0330. The lowest BCUT2D eigenvalue weighted by atomic mass is 10.2. The minimum Gasteiger partial charge on any atom is -0.469 e. The lowest BCUT2D eigenvalue weighted by molar-refractivity contribution is -0.141. The van der Waals surface area contributed by atoms with Gasteiger partial charge in [0.25, 0.3) is 0 Å². The second kappa shape index (κ2) is 8.05. The van der Waals surface area contributed by atoms with Crippen molar-refractivity contribution in [3.8, 4) is 0 Å². The summed E-state index contributed by atoms with van der Waals surface area (Å²) < 4.78 is 10.0. The fraction of sp³-hybridized carbons (Fsp3) is 0.833. The number of carbonyl (C=O) groups excluding carboxylic acids is 2. The van der Waals surface area contributed by atoms with Gasteiger partial charge in [-0.15, -0.1) is 0 Å². The lowest BCUT2D eigenvalue weighted by Crippen LogP contribution is -2.42. The van der Waals surface area contributed by atoms with Crippen LogP contribution in [0.25, 0.3) is 0 Å². The van der Waals surface area contributed by atoms with Crippen molar-refractivity contribution in [3.63, 3.8) is 0 Å². The zero-order valence-corrected chi connectivity index (χ0v) is 11.1. The molecule has 0 aromatic heterocycles. The number of esters is 1. The summed E-state index contributed by atoms with van der Waals surface area (Å²) in [7, 11) is 3.11. The lowest BCUT2D eigenvalue weighted by Gasteiger charge is -2.25. The van der Waals surface area contributed by atoms with Gasteiger partial charge in [-0.1, -0.05) is 0 Å². The summed E-state index contributed by atoms with van der Waals surface area (Å²) in [6.45, 7) is 2.79. The third kappa shape index (κ3) is 5.46. The van der Waals surface area contributed by atoms with Gasteiger partial charge >= 0.3 is 5.97 Å². The number of nitrogens with zero attached hydrogens (tertiary/aromatic N) is 1. The molecule has 0 aliphatic carbocycles. The van der Waals surface area contributed by atoms with Crippen molar-refractivity contribution in [2.45, 2.75) is 25.4 Å². The first-order chi connectivity index (χ1) is 8.63. The summed E-state index contributed by atoms with van der Waals surface area (Å²) in [5, 5.41) is 3.19. The van der Waals surface area contributed by atoms with Gasteiger partial charge in [0.2, 0.25) is 5.91 Å². The van der Waals surface area contributed by atoms with Crippen LogP contribution < -0.4 is 5.32 Å². The molecule has 1 aliphatic rings. The second-order valence-corrected chi connectivity index (χ2v) is 4.40. The first-order valence-corrected chi connectivity index (χ1v) is 6.26. The van der Waals surface area contributed by atoms with Crippen molar-refractivity contribution in [2.75, 3.05) is 40.4 Å². The summed E-state index contributed by atoms with van der Waals surface area (Å²) in [5.41, 5.74) is 0. The Kier molecular flexibility index (Phi) is 6.67. The van der Waals surface area contributed by atoms with E-state index in [9.17, 15) is 9.59 Å². The van der Waals surface area contributed by atoms with Gasteiger partial charge in [0.15, 0.2) is 0 Å². The summed E-state index contributed by atoms with van der Waals surface area (Å²) in [5.74, 6) is -0.191.